The zero-order valence-electron chi connectivity index (χ0n) is 21.8. The third-order valence-corrected chi connectivity index (χ3v) is 8.50. The van der Waals surface area contributed by atoms with Crippen LogP contribution in [0, 0.1) is 5.92 Å². The fourth-order valence-corrected chi connectivity index (χ4v) is 5.75. The first-order chi connectivity index (χ1) is 18.3. The van der Waals surface area contributed by atoms with E-state index in [2.05, 4.69) is 23.6 Å². The van der Waals surface area contributed by atoms with Gasteiger partial charge in [0.25, 0.3) is 0 Å². The molecule has 9 heteroatoms. The van der Waals surface area contributed by atoms with Crippen molar-refractivity contribution in [2.24, 2.45) is 11.7 Å². The predicted molar refractivity (Wildman–Crippen MR) is 148 cm³/mol. The highest BCUT2D eigenvalue weighted by molar-refractivity contribution is 7.99. The van der Waals surface area contributed by atoms with E-state index in [-0.39, 0.29) is 12.1 Å². The maximum atomic E-state index is 11.4. The van der Waals surface area contributed by atoms with Gasteiger partial charge >= 0.3 is 0 Å². The monoisotopic (exact) mass is 531 g/mol. The quantitative estimate of drug-likeness (QED) is 0.384. The number of nitrogens with zero attached hydrogens (tertiary/aromatic N) is 4. The Morgan fingerprint density at radius 3 is 2.53 bits per heavy atom. The zero-order valence-corrected chi connectivity index (χ0v) is 22.6. The molecule has 198 valence electrons. The van der Waals surface area contributed by atoms with E-state index in [9.17, 15) is 9.59 Å². The molecule has 38 heavy (non-hydrogen) atoms. The van der Waals surface area contributed by atoms with Crippen LogP contribution in [0.25, 0.3) is 0 Å². The summed E-state index contributed by atoms with van der Waals surface area (Å²) in [7, 11) is 0. The number of anilines is 1. The molecular weight excluding hydrogens is 498 g/mol. The number of benzene rings is 2. The van der Waals surface area contributed by atoms with Crippen molar-refractivity contribution in [3.63, 3.8) is 0 Å². The average molecular weight is 532 g/mol. The van der Waals surface area contributed by atoms with Gasteiger partial charge in [-0.3, -0.25) is 14.5 Å². The molecule has 2 aromatic carbocycles. The van der Waals surface area contributed by atoms with Crippen molar-refractivity contribution in [1.82, 2.24) is 14.9 Å². The van der Waals surface area contributed by atoms with Crippen LogP contribution in [0.5, 0.6) is 5.88 Å². The Hall–Kier alpha value is -3.43. The van der Waals surface area contributed by atoms with Crippen LogP contribution >= 0.6 is 11.8 Å². The average Bonchev–Trinajstić information content (AvgIpc) is 3.80. The molecule has 1 aromatic heterocycles. The van der Waals surface area contributed by atoms with E-state index in [1.165, 1.54) is 24.6 Å². The highest BCUT2D eigenvalue weighted by atomic mass is 32.2. The van der Waals surface area contributed by atoms with Crippen LogP contribution in [0.15, 0.2) is 64.5 Å². The number of aromatic nitrogens is 2. The van der Waals surface area contributed by atoms with E-state index in [1.54, 1.807) is 24.4 Å². The first-order valence-electron chi connectivity index (χ1n) is 12.9. The Kier molecular flexibility index (Phi) is 7.67. The number of rotatable bonds is 10. The molecule has 8 nitrogen and oxygen atoms in total. The minimum Gasteiger partial charge on any atom is -0.472 e. The molecule has 0 atom stereocenters. The summed E-state index contributed by atoms with van der Waals surface area (Å²) in [5.41, 5.74) is 7.56. The molecule has 1 saturated carbocycles. The van der Waals surface area contributed by atoms with E-state index in [0.29, 0.717) is 23.0 Å². The topological polar surface area (TPSA) is 102 Å². The lowest BCUT2D eigenvalue weighted by Crippen LogP contribution is -2.55. The molecule has 2 N–H and O–H groups in total. The van der Waals surface area contributed by atoms with Crippen LogP contribution < -0.4 is 15.4 Å². The van der Waals surface area contributed by atoms with Gasteiger partial charge in [-0.15, -0.1) is 0 Å². The smallest absolute Gasteiger partial charge is 0.248 e. The van der Waals surface area contributed by atoms with Crippen LogP contribution in [0.2, 0.25) is 0 Å². The van der Waals surface area contributed by atoms with E-state index in [0.717, 1.165) is 53.7 Å². The van der Waals surface area contributed by atoms with E-state index < -0.39 is 5.91 Å². The second-order valence-corrected chi connectivity index (χ2v) is 11.5. The van der Waals surface area contributed by atoms with Gasteiger partial charge in [0.15, 0.2) is 0 Å². The number of ether oxygens (including phenoxy) is 1. The number of hydrogen-bond donors (Lipinski definition) is 1. The normalized spacial score (nSPS) is 16.3. The van der Waals surface area contributed by atoms with E-state index in [1.807, 2.05) is 30.3 Å². The summed E-state index contributed by atoms with van der Waals surface area (Å²) in [4.78, 5) is 38.7. The second kappa shape index (κ2) is 11.1. The number of hydrogen-bond acceptors (Lipinski definition) is 8. The molecule has 3 aromatic rings. The lowest BCUT2D eigenvalue weighted by Gasteiger charge is -2.44. The minimum absolute atomic E-state index is 0.238. The fourth-order valence-electron chi connectivity index (χ4n) is 4.92. The van der Waals surface area contributed by atoms with Crippen LogP contribution in [-0.4, -0.2) is 58.8 Å². The van der Waals surface area contributed by atoms with Crippen LogP contribution in [0.1, 0.15) is 53.0 Å². The number of aldehydes is 1. The molecule has 5 rings (SSSR count). The molecular formula is C29H33N5O3S. The Morgan fingerprint density at radius 1 is 1.13 bits per heavy atom. The maximum absolute atomic E-state index is 11.4. The van der Waals surface area contributed by atoms with Gasteiger partial charge in [-0.2, -0.15) is 4.98 Å². The van der Waals surface area contributed by atoms with Crippen LogP contribution in [-0.2, 0) is 6.61 Å². The Balaban J connectivity index is 1.34. The Bertz CT molecular complexity index is 1300. The lowest BCUT2D eigenvalue weighted by molar-refractivity contribution is 0.0915. The summed E-state index contributed by atoms with van der Waals surface area (Å²) in [6.45, 7) is 8.68. The lowest BCUT2D eigenvalue weighted by atomic mass is 9.95. The third kappa shape index (κ3) is 6.00. The van der Waals surface area contributed by atoms with Crippen molar-refractivity contribution in [2.75, 3.05) is 31.1 Å². The summed E-state index contributed by atoms with van der Waals surface area (Å²) in [6, 6.07) is 14.4. The largest absolute Gasteiger partial charge is 0.472 e. The van der Waals surface area contributed by atoms with Crippen LogP contribution in [0.3, 0.4) is 0 Å². The van der Waals surface area contributed by atoms with Crippen molar-refractivity contribution >= 4 is 29.9 Å². The maximum Gasteiger partial charge on any atom is 0.248 e. The summed E-state index contributed by atoms with van der Waals surface area (Å²) in [5.74, 6) is 1.47. The minimum atomic E-state index is -0.462. The molecule has 2 fully saturated rings. The molecule has 1 aliphatic carbocycles. The first-order valence-corrected chi connectivity index (χ1v) is 13.8. The molecule has 2 aliphatic rings. The van der Waals surface area contributed by atoms with Crippen molar-refractivity contribution in [3.05, 3.63) is 71.4 Å². The SMILES string of the molecule is CC(C)(C1CC1)N1CCN(c2ncc(Sc3ccc(C(N)=O)cc3)c(OCc3cccc(C=O)c3)n2)CC1. The number of amides is 1. The molecule has 0 unspecified atom stereocenters. The van der Waals surface area contributed by atoms with Crippen molar-refractivity contribution in [3.8, 4) is 5.88 Å². The van der Waals surface area contributed by atoms with E-state index >= 15 is 0 Å². The molecule has 0 radical (unpaired) electrons. The van der Waals surface area contributed by atoms with Gasteiger partial charge in [0, 0.05) is 47.7 Å². The van der Waals surface area contributed by atoms with Gasteiger partial charge in [-0.1, -0.05) is 30.0 Å². The van der Waals surface area contributed by atoms with Crippen LogP contribution in [0.4, 0.5) is 5.95 Å². The number of nitrogens with two attached hydrogens (primary N) is 1. The Labute approximate surface area is 227 Å². The van der Waals surface area contributed by atoms with Gasteiger partial charge in [0.2, 0.25) is 17.7 Å². The fraction of sp³-hybridized carbons (Fsp3) is 0.379. The van der Waals surface area contributed by atoms with Gasteiger partial charge in [0.05, 0.1) is 11.1 Å². The summed E-state index contributed by atoms with van der Waals surface area (Å²) in [5, 5.41) is 0. The van der Waals surface area contributed by atoms with Crippen molar-refractivity contribution in [1.29, 1.82) is 0 Å². The van der Waals surface area contributed by atoms with Crippen molar-refractivity contribution in [2.45, 2.75) is 48.6 Å². The third-order valence-electron chi connectivity index (χ3n) is 7.49. The molecule has 2 heterocycles. The molecule has 0 bridgehead atoms. The van der Waals surface area contributed by atoms with Gasteiger partial charge < -0.3 is 15.4 Å². The number of carbonyl (C=O) groups is 2. The van der Waals surface area contributed by atoms with Gasteiger partial charge in [-0.05, 0) is 68.5 Å². The summed E-state index contributed by atoms with van der Waals surface area (Å²) in [6.07, 6.45) is 5.29. The zero-order chi connectivity index (χ0) is 26.7. The second-order valence-electron chi connectivity index (χ2n) is 10.4. The number of primary amides is 1. The highest BCUT2D eigenvalue weighted by Crippen LogP contribution is 2.43. The molecule has 0 spiro atoms. The number of piperazine rings is 1. The van der Waals surface area contributed by atoms with Gasteiger partial charge in [0.1, 0.15) is 12.9 Å². The molecule has 1 saturated heterocycles. The van der Waals surface area contributed by atoms with Crippen molar-refractivity contribution < 1.29 is 14.3 Å². The van der Waals surface area contributed by atoms with Gasteiger partial charge in [-0.25, -0.2) is 4.98 Å². The standard InChI is InChI=1S/C29H33N5O3S/c1-29(2,23-8-9-23)34-14-12-33(13-15-34)28-31-17-25(38-24-10-6-22(7-11-24)26(30)36)27(32-28)37-19-21-5-3-4-20(16-21)18-35/h3-7,10-11,16-18,23H,8-9,12-15,19H2,1-2H3,(H2,30,36). The molecule has 1 amide bonds. The highest BCUT2D eigenvalue weighted by Gasteiger charge is 2.42. The van der Waals surface area contributed by atoms with E-state index in [4.69, 9.17) is 20.4 Å². The predicted octanol–water partition coefficient (Wildman–Crippen LogP) is 4.43. The number of carbonyl (C=O) groups excluding carboxylic acids is 2. The first kappa shape index (κ1) is 26.2. The summed E-state index contributed by atoms with van der Waals surface area (Å²) >= 11 is 1.46. The molecule has 1 aliphatic heterocycles. The summed E-state index contributed by atoms with van der Waals surface area (Å²) < 4.78 is 6.20. The Morgan fingerprint density at radius 2 is 1.87 bits per heavy atom.